The third-order valence-electron chi connectivity index (χ3n) is 5.45. The number of rotatable bonds is 6. The molecule has 1 aliphatic heterocycles. The Balaban J connectivity index is 1.68. The minimum absolute atomic E-state index is 0.00490. The summed E-state index contributed by atoms with van der Waals surface area (Å²) in [5.74, 6) is -0.321. The zero-order valence-electron chi connectivity index (χ0n) is 19.9. The van der Waals surface area contributed by atoms with Crippen molar-refractivity contribution in [1.82, 2.24) is 0 Å². The summed E-state index contributed by atoms with van der Waals surface area (Å²) < 4.78 is 21.2. The molecular formula is C26H30O7. The van der Waals surface area contributed by atoms with Gasteiger partial charge in [-0.05, 0) is 68.0 Å². The number of esters is 3. The molecule has 0 radical (unpaired) electrons. The Morgan fingerprint density at radius 3 is 2.30 bits per heavy atom. The highest BCUT2D eigenvalue weighted by molar-refractivity contribution is 5.92. The molecular weight excluding hydrogens is 424 g/mol. The molecule has 2 aromatic rings. The van der Waals surface area contributed by atoms with Gasteiger partial charge in [0.2, 0.25) is 6.79 Å². The van der Waals surface area contributed by atoms with Crippen molar-refractivity contribution in [2.24, 2.45) is 0 Å². The van der Waals surface area contributed by atoms with Crippen LogP contribution in [0.5, 0.6) is 11.5 Å². The van der Waals surface area contributed by atoms with Crippen molar-refractivity contribution in [3.63, 3.8) is 0 Å². The van der Waals surface area contributed by atoms with E-state index >= 15 is 0 Å². The molecule has 0 N–H and O–H groups in total. The fraction of sp³-hybridized carbons (Fsp3) is 0.423. The van der Waals surface area contributed by atoms with E-state index in [9.17, 15) is 14.4 Å². The van der Waals surface area contributed by atoms with Gasteiger partial charge >= 0.3 is 17.9 Å². The average Bonchev–Trinajstić information content (AvgIpc) is 2.68. The van der Waals surface area contributed by atoms with E-state index in [-0.39, 0.29) is 17.4 Å². The van der Waals surface area contributed by atoms with Crippen LogP contribution in [0.15, 0.2) is 36.4 Å². The summed E-state index contributed by atoms with van der Waals surface area (Å²) >= 11 is 0. The van der Waals surface area contributed by atoms with Crippen LogP contribution in [-0.2, 0) is 30.9 Å². The van der Waals surface area contributed by atoms with Crippen molar-refractivity contribution >= 4 is 17.9 Å². The molecule has 0 unspecified atom stereocenters. The SMILES string of the molecule is CC(=O)OCOC(=O)Cc1ccc(OC(=O)c2cc(C)c3c(c2)C(C)(C)CC(C)(C)O3)cc1. The zero-order chi connectivity index (χ0) is 24.4. The molecule has 0 amide bonds. The van der Waals surface area contributed by atoms with E-state index in [0.29, 0.717) is 16.9 Å². The van der Waals surface area contributed by atoms with Crippen molar-refractivity contribution in [1.29, 1.82) is 0 Å². The minimum Gasteiger partial charge on any atom is -0.487 e. The number of carbonyl (C=O) groups is 3. The quantitative estimate of drug-likeness (QED) is 0.356. The first-order chi connectivity index (χ1) is 15.4. The number of aryl methyl sites for hydroxylation is 1. The van der Waals surface area contributed by atoms with Gasteiger partial charge < -0.3 is 18.9 Å². The van der Waals surface area contributed by atoms with E-state index < -0.39 is 24.7 Å². The third kappa shape index (κ3) is 6.12. The first-order valence-corrected chi connectivity index (χ1v) is 10.8. The molecule has 0 bridgehead atoms. The predicted molar refractivity (Wildman–Crippen MR) is 121 cm³/mol. The lowest BCUT2D eigenvalue weighted by atomic mass is 9.73. The molecule has 3 rings (SSSR count). The van der Waals surface area contributed by atoms with Crippen molar-refractivity contribution in [3.8, 4) is 11.5 Å². The Kier molecular flexibility index (Phi) is 6.81. The van der Waals surface area contributed by atoms with Crippen LogP contribution in [0.25, 0.3) is 0 Å². The second-order valence-corrected chi connectivity index (χ2v) is 9.57. The van der Waals surface area contributed by atoms with Crippen molar-refractivity contribution in [2.75, 3.05) is 6.79 Å². The fourth-order valence-electron chi connectivity index (χ4n) is 4.24. The Morgan fingerprint density at radius 1 is 1.00 bits per heavy atom. The van der Waals surface area contributed by atoms with E-state index in [1.54, 1.807) is 30.3 Å². The van der Waals surface area contributed by atoms with Crippen LogP contribution in [0, 0.1) is 6.92 Å². The highest BCUT2D eigenvalue weighted by atomic mass is 16.7. The molecule has 0 atom stereocenters. The Labute approximate surface area is 194 Å². The lowest BCUT2D eigenvalue weighted by Gasteiger charge is -2.43. The van der Waals surface area contributed by atoms with Crippen LogP contribution in [0.2, 0.25) is 0 Å². The lowest BCUT2D eigenvalue weighted by molar-refractivity contribution is -0.165. The Hall–Kier alpha value is -3.35. The van der Waals surface area contributed by atoms with Crippen molar-refractivity contribution in [3.05, 3.63) is 58.7 Å². The number of ether oxygens (including phenoxy) is 4. The molecule has 33 heavy (non-hydrogen) atoms. The second kappa shape index (κ2) is 9.25. The van der Waals surface area contributed by atoms with Gasteiger partial charge in [0.15, 0.2) is 0 Å². The molecule has 0 saturated heterocycles. The summed E-state index contributed by atoms with van der Waals surface area (Å²) in [7, 11) is 0. The predicted octanol–water partition coefficient (Wildman–Crippen LogP) is 4.66. The van der Waals surface area contributed by atoms with Gasteiger partial charge in [-0.3, -0.25) is 9.59 Å². The number of hydrogen-bond acceptors (Lipinski definition) is 7. The minimum atomic E-state index is -0.529. The molecule has 0 saturated carbocycles. The summed E-state index contributed by atoms with van der Waals surface area (Å²) in [6.45, 7) is 11.2. The lowest BCUT2D eigenvalue weighted by Crippen LogP contribution is -2.41. The van der Waals surface area contributed by atoms with Crippen LogP contribution in [0.3, 0.4) is 0 Å². The summed E-state index contributed by atoms with van der Waals surface area (Å²) in [6, 6.07) is 10.2. The summed E-state index contributed by atoms with van der Waals surface area (Å²) in [4.78, 5) is 35.3. The van der Waals surface area contributed by atoms with Gasteiger partial charge in [0.1, 0.15) is 17.1 Å². The third-order valence-corrected chi connectivity index (χ3v) is 5.45. The smallest absolute Gasteiger partial charge is 0.343 e. The maximum atomic E-state index is 12.8. The highest BCUT2D eigenvalue weighted by Crippen LogP contribution is 2.46. The van der Waals surface area contributed by atoms with Gasteiger partial charge in [-0.1, -0.05) is 26.0 Å². The molecule has 0 aromatic heterocycles. The summed E-state index contributed by atoms with van der Waals surface area (Å²) in [5.41, 5.74) is 2.59. The van der Waals surface area contributed by atoms with Gasteiger partial charge in [-0.25, -0.2) is 4.79 Å². The largest absolute Gasteiger partial charge is 0.487 e. The van der Waals surface area contributed by atoms with Crippen LogP contribution in [-0.4, -0.2) is 30.3 Å². The second-order valence-electron chi connectivity index (χ2n) is 9.57. The average molecular weight is 455 g/mol. The van der Waals surface area contributed by atoms with Gasteiger partial charge in [0, 0.05) is 12.5 Å². The van der Waals surface area contributed by atoms with Crippen LogP contribution < -0.4 is 9.47 Å². The Morgan fingerprint density at radius 2 is 1.67 bits per heavy atom. The van der Waals surface area contributed by atoms with Gasteiger partial charge in [0.05, 0.1) is 12.0 Å². The number of hydrogen-bond donors (Lipinski definition) is 0. The molecule has 176 valence electrons. The zero-order valence-corrected chi connectivity index (χ0v) is 19.9. The molecule has 7 nitrogen and oxygen atoms in total. The molecule has 7 heteroatoms. The van der Waals surface area contributed by atoms with Crippen LogP contribution >= 0.6 is 0 Å². The number of benzene rings is 2. The van der Waals surface area contributed by atoms with E-state index in [4.69, 9.17) is 14.2 Å². The monoisotopic (exact) mass is 454 g/mol. The molecule has 2 aromatic carbocycles. The number of fused-ring (bicyclic) bond motifs is 1. The van der Waals surface area contributed by atoms with Gasteiger partial charge in [0.25, 0.3) is 0 Å². The maximum absolute atomic E-state index is 12.8. The fourth-order valence-corrected chi connectivity index (χ4v) is 4.24. The van der Waals surface area contributed by atoms with Crippen LogP contribution in [0.4, 0.5) is 0 Å². The van der Waals surface area contributed by atoms with E-state index in [0.717, 1.165) is 23.3 Å². The molecule has 0 fully saturated rings. The topological polar surface area (TPSA) is 88.1 Å². The molecule has 0 spiro atoms. The van der Waals surface area contributed by atoms with Gasteiger partial charge in [-0.2, -0.15) is 0 Å². The van der Waals surface area contributed by atoms with E-state index in [1.165, 1.54) is 6.92 Å². The standard InChI is InChI=1S/C26H30O7/c1-16-11-19(13-21-23(16)33-26(5,6)14-25(21,3)4)24(29)32-20-9-7-18(8-10-20)12-22(28)31-15-30-17(2)27/h7-11,13H,12,14-15H2,1-6H3. The van der Waals surface area contributed by atoms with Crippen molar-refractivity contribution in [2.45, 2.75) is 65.4 Å². The number of carbonyl (C=O) groups excluding carboxylic acids is 3. The van der Waals surface area contributed by atoms with Crippen LogP contribution in [0.1, 0.15) is 68.1 Å². The van der Waals surface area contributed by atoms with E-state index in [1.807, 2.05) is 13.0 Å². The van der Waals surface area contributed by atoms with Crippen molar-refractivity contribution < 1.29 is 33.3 Å². The highest BCUT2D eigenvalue weighted by Gasteiger charge is 2.40. The maximum Gasteiger partial charge on any atom is 0.343 e. The molecule has 1 heterocycles. The van der Waals surface area contributed by atoms with E-state index in [2.05, 4.69) is 32.4 Å². The first kappa shape index (κ1) is 24.3. The Bertz CT molecular complexity index is 1060. The first-order valence-electron chi connectivity index (χ1n) is 10.8. The molecule has 0 aliphatic carbocycles. The molecule has 1 aliphatic rings. The normalized spacial score (nSPS) is 15.6. The summed E-state index contributed by atoms with van der Waals surface area (Å²) in [6.07, 6.45) is 0.834. The van der Waals surface area contributed by atoms with Gasteiger partial charge in [-0.15, -0.1) is 0 Å². The summed E-state index contributed by atoms with van der Waals surface area (Å²) in [5, 5.41) is 0.